The maximum absolute atomic E-state index is 12.7. The third-order valence-electron chi connectivity index (χ3n) is 3.66. The molecule has 7 heteroatoms. The van der Waals surface area contributed by atoms with E-state index >= 15 is 0 Å². The van der Waals surface area contributed by atoms with E-state index in [0.717, 1.165) is 5.69 Å². The van der Waals surface area contributed by atoms with Crippen LogP contribution in [0.5, 0.6) is 0 Å². The summed E-state index contributed by atoms with van der Waals surface area (Å²) in [6.07, 6.45) is 1.96. The molecule has 0 saturated heterocycles. The summed E-state index contributed by atoms with van der Waals surface area (Å²) in [6, 6.07) is 10.1. The number of benzene rings is 1. The van der Waals surface area contributed by atoms with Crippen LogP contribution in [-0.4, -0.2) is 29.7 Å². The Morgan fingerprint density at radius 2 is 1.86 bits per heavy atom. The van der Waals surface area contributed by atoms with Crippen LogP contribution >= 0.6 is 0 Å². The first-order valence-corrected chi connectivity index (χ1v) is 8.42. The zero-order valence-electron chi connectivity index (χ0n) is 12.2. The largest absolute Gasteiger partial charge is 0.349 e. The molecular weight excluding hydrogens is 302 g/mol. The molecule has 0 spiro atoms. The normalized spacial score (nSPS) is 15.3. The van der Waals surface area contributed by atoms with Crippen LogP contribution in [0.4, 0.5) is 5.69 Å². The number of aromatic nitrogens is 1. The molecule has 1 aromatic heterocycles. The number of hydrogen-bond donors (Lipinski definition) is 1. The topological polar surface area (TPSA) is 71.4 Å². The molecule has 1 aliphatic rings. The Kier molecular flexibility index (Phi) is 3.76. The number of sulfonamides is 1. The summed E-state index contributed by atoms with van der Waals surface area (Å²) in [5.74, 6) is -0.188. The van der Waals surface area contributed by atoms with Crippen LogP contribution in [0, 0.1) is 0 Å². The lowest BCUT2D eigenvalue weighted by Crippen LogP contribution is -2.37. The molecule has 0 unspecified atom stereocenters. The Hall–Kier alpha value is -2.12. The average Bonchev–Trinajstić information content (AvgIpc) is 2.94. The molecule has 6 nitrogen and oxygen atoms in total. The smallest absolute Gasteiger partial charge is 0.243 e. The van der Waals surface area contributed by atoms with Gasteiger partial charge in [-0.15, -0.1) is 0 Å². The molecule has 3 rings (SSSR count). The van der Waals surface area contributed by atoms with Gasteiger partial charge in [-0.1, -0.05) is 0 Å². The number of fused-ring (bicyclic) bond motifs is 1. The van der Waals surface area contributed by atoms with Gasteiger partial charge in [0.05, 0.1) is 11.4 Å². The van der Waals surface area contributed by atoms with Crippen molar-refractivity contribution in [2.45, 2.75) is 24.9 Å². The predicted molar refractivity (Wildman–Crippen MR) is 82.8 cm³/mol. The molecule has 1 aliphatic heterocycles. The molecule has 2 aromatic rings. The quantitative estimate of drug-likeness (QED) is 0.935. The number of nitrogens with zero attached hydrogens (tertiary/aromatic N) is 2. The standard InChI is InChI=1S/C15H17N3O3S/c1-12(19)16-13-4-6-15(7-5-13)22(20,21)18-10-9-17-8-2-3-14(17)11-18/h2-8H,9-11H2,1H3,(H,16,19). The summed E-state index contributed by atoms with van der Waals surface area (Å²) < 4.78 is 28.9. The fraction of sp³-hybridized carbons (Fsp3) is 0.267. The van der Waals surface area contributed by atoms with Gasteiger partial charge in [-0.2, -0.15) is 4.31 Å². The van der Waals surface area contributed by atoms with Crippen LogP contribution in [-0.2, 0) is 27.9 Å². The number of nitrogens with one attached hydrogen (secondary N) is 1. The van der Waals surface area contributed by atoms with Crippen LogP contribution < -0.4 is 5.32 Å². The zero-order chi connectivity index (χ0) is 15.7. The highest BCUT2D eigenvalue weighted by molar-refractivity contribution is 7.89. The van der Waals surface area contributed by atoms with Gasteiger partial charge in [-0.3, -0.25) is 4.79 Å². The summed E-state index contributed by atoms with van der Waals surface area (Å²) in [5, 5.41) is 2.62. The monoisotopic (exact) mass is 319 g/mol. The molecule has 0 saturated carbocycles. The Labute approximate surface area is 129 Å². The number of hydrogen-bond acceptors (Lipinski definition) is 3. The molecule has 116 valence electrons. The van der Waals surface area contributed by atoms with Gasteiger partial charge in [0.15, 0.2) is 0 Å². The van der Waals surface area contributed by atoms with Gasteiger partial charge in [-0.25, -0.2) is 8.42 Å². The fourth-order valence-corrected chi connectivity index (χ4v) is 3.96. The van der Waals surface area contributed by atoms with E-state index < -0.39 is 10.0 Å². The maximum Gasteiger partial charge on any atom is 0.243 e. The first kappa shape index (κ1) is 14.8. The highest BCUT2D eigenvalue weighted by atomic mass is 32.2. The van der Waals surface area contributed by atoms with Gasteiger partial charge in [0.2, 0.25) is 15.9 Å². The molecule has 0 bridgehead atoms. The van der Waals surface area contributed by atoms with Gasteiger partial charge in [0.25, 0.3) is 0 Å². The highest BCUT2D eigenvalue weighted by Crippen LogP contribution is 2.23. The lowest BCUT2D eigenvalue weighted by Gasteiger charge is -2.28. The van der Waals surface area contributed by atoms with Crippen molar-refractivity contribution in [2.24, 2.45) is 0 Å². The van der Waals surface area contributed by atoms with Crippen LogP contribution in [0.1, 0.15) is 12.6 Å². The predicted octanol–water partition coefficient (Wildman–Crippen LogP) is 1.65. The summed E-state index contributed by atoms with van der Waals surface area (Å²) in [4.78, 5) is 11.2. The van der Waals surface area contributed by atoms with Gasteiger partial charge in [0, 0.05) is 37.6 Å². The van der Waals surface area contributed by atoms with E-state index in [2.05, 4.69) is 9.88 Å². The Balaban J connectivity index is 1.83. The minimum absolute atomic E-state index is 0.188. The SMILES string of the molecule is CC(=O)Nc1ccc(S(=O)(=O)N2CCn3cccc3C2)cc1. The second-order valence-electron chi connectivity index (χ2n) is 5.24. The van der Waals surface area contributed by atoms with Crippen molar-refractivity contribution in [3.63, 3.8) is 0 Å². The first-order chi connectivity index (χ1) is 10.5. The second-order valence-corrected chi connectivity index (χ2v) is 7.18. The second kappa shape index (κ2) is 5.58. The van der Waals surface area contributed by atoms with Crippen LogP contribution in [0.2, 0.25) is 0 Å². The molecule has 0 radical (unpaired) electrons. The molecule has 0 aliphatic carbocycles. The molecular formula is C15H17N3O3S. The fourth-order valence-electron chi connectivity index (χ4n) is 2.56. The molecule has 22 heavy (non-hydrogen) atoms. The maximum atomic E-state index is 12.7. The van der Waals surface area contributed by atoms with E-state index in [9.17, 15) is 13.2 Å². The number of carbonyl (C=O) groups excluding carboxylic acids is 1. The number of anilines is 1. The van der Waals surface area contributed by atoms with Crippen molar-refractivity contribution in [3.05, 3.63) is 48.3 Å². The molecule has 1 N–H and O–H groups in total. The van der Waals surface area contributed by atoms with E-state index in [0.29, 0.717) is 25.3 Å². The van der Waals surface area contributed by atoms with E-state index in [4.69, 9.17) is 0 Å². The van der Waals surface area contributed by atoms with Crippen LogP contribution in [0.15, 0.2) is 47.5 Å². The van der Waals surface area contributed by atoms with Gasteiger partial charge < -0.3 is 9.88 Å². The van der Waals surface area contributed by atoms with E-state index in [1.165, 1.54) is 23.4 Å². The average molecular weight is 319 g/mol. The third-order valence-corrected chi connectivity index (χ3v) is 5.52. The minimum atomic E-state index is -3.52. The molecule has 1 aromatic carbocycles. The summed E-state index contributed by atoms with van der Waals surface area (Å²) in [5.41, 5.74) is 1.57. The number of carbonyl (C=O) groups is 1. The lowest BCUT2D eigenvalue weighted by molar-refractivity contribution is -0.114. The number of amides is 1. The first-order valence-electron chi connectivity index (χ1n) is 6.98. The third kappa shape index (κ3) is 2.77. The van der Waals surface area contributed by atoms with Crippen molar-refractivity contribution >= 4 is 21.6 Å². The molecule has 0 fully saturated rings. The van der Waals surface area contributed by atoms with Crippen LogP contribution in [0.25, 0.3) is 0 Å². The van der Waals surface area contributed by atoms with E-state index in [1.54, 1.807) is 12.1 Å². The van der Waals surface area contributed by atoms with Crippen molar-refractivity contribution in [1.29, 1.82) is 0 Å². The van der Waals surface area contributed by atoms with Gasteiger partial charge >= 0.3 is 0 Å². The van der Waals surface area contributed by atoms with Crippen molar-refractivity contribution in [3.8, 4) is 0 Å². The Morgan fingerprint density at radius 3 is 2.55 bits per heavy atom. The summed E-state index contributed by atoms with van der Waals surface area (Å²) >= 11 is 0. The van der Waals surface area contributed by atoms with Gasteiger partial charge in [-0.05, 0) is 36.4 Å². The lowest BCUT2D eigenvalue weighted by atomic mass is 10.3. The van der Waals surface area contributed by atoms with Crippen molar-refractivity contribution in [1.82, 2.24) is 8.87 Å². The molecule has 1 amide bonds. The van der Waals surface area contributed by atoms with Crippen molar-refractivity contribution < 1.29 is 13.2 Å². The molecule has 2 heterocycles. The highest BCUT2D eigenvalue weighted by Gasteiger charge is 2.28. The van der Waals surface area contributed by atoms with Crippen LogP contribution in [0.3, 0.4) is 0 Å². The minimum Gasteiger partial charge on any atom is -0.349 e. The van der Waals surface area contributed by atoms with E-state index in [1.807, 2.05) is 18.3 Å². The summed E-state index contributed by atoms with van der Waals surface area (Å²) in [7, 11) is -3.52. The van der Waals surface area contributed by atoms with Crippen molar-refractivity contribution in [2.75, 3.05) is 11.9 Å². The zero-order valence-corrected chi connectivity index (χ0v) is 13.0. The van der Waals surface area contributed by atoms with Gasteiger partial charge in [0.1, 0.15) is 0 Å². The summed E-state index contributed by atoms with van der Waals surface area (Å²) in [6.45, 7) is 2.90. The Morgan fingerprint density at radius 1 is 1.14 bits per heavy atom. The van der Waals surface area contributed by atoms with E-state index in [-0.39, 0.29) is 10.8 Å². The Bertz CT molecular complexity index is 794. The molecule has 0 atom stereocenters. The number of rotatable bonds is 3.